The first kappa shape index (κ1) is 26.1. The van der Waals surface area contributed by atoms with Crippen LogP contribution >= 0.6 is 0 Å². The minimum atomic E-state index is -0.978. The number of fused-ring (bicyclic) bond motifs is 1. The number of hydrogen-bond acceptors (Lipinski definition) is 6. The van der Waals surface area contributed by atoms with E-state index in [1.165, 1.54) is 0 Å². The van der Waals surface area contributed by atoms with Crippen molar-refractivity contribution in [3.05, 3.63) is 71.3 Å². The van der Waals surface area contributed by atoms with E-state index in [4.69, 9.17) is 9.47 Å². The number of hydrogen-bond donors (Lipinski definition) is 4. The Morgan fingerprint density at radius 2 is 1.89 bits per heavy atom. The lowest BCUT2D eigenvalue weighted by Crippen LogP contribution is -2.48. The van der Waals surface area contributed by atoms with Crippen LogP contribution in [-0.2, 0) is 27.1 Å². The van der Waals surface area contributed by atoms with Gasteiger partial charge in [-0.15, -0.1) is 0 Å². The molecule has 0 spiro atoms. The molecule has 2 aromatic rings. The van der Waals surface area contributed by atoms with Crippen molar-refractivity contribution in [3.63, 3.8) is 0 Å². The highest BCUT2D eigenvalue weighted by Gasteiger charge is 2.35. The van der Waals surface area contributed by atoms with Gasteiger partial charge in [-0.2, -0.15) is 0 Å². The maximum atomic E-state index is 13.2. The van der Waals surface area contributed by atoms with Crippen molar-refractivity contribution in [2.75, 3.05) is 13.2 Å². The standard InChI is InChI=1S/C28H36N2O6/c1-2-19(27(33)30-26-22-11-7-6-10-20(22)16-25(26)32)15-24(31)23(14-18-8-4-3-5-9-18)29-28(34)36-21-12-13-35-17-21/h3-11,19,21,23-26,31-32H,2,12-17H2,1H3,(H,29,34)(H,30,33)/t19?,21?,23?,24?,25-,26-/m0/s1. The number of nitrogens with one attached hydrogen (secondary N) is 2. The number of carbonyl (C=O) groups excluding carboxylic acids is 2. The second kappa shape index (κ2) is 12.3. The summed E-state index contributed by atoms with van der Waals surface area (Å²) in [5.41, 5.74) is 2.91. The van der Waals surface area contributed by atoms with Crippen molar-refractivity contribution in [2.45, 2.75) is 69.4 Å². The molecule has 1 saturated heterocycles. The summed E-state index contributed by atoms with van der Waals surface area (Å²) in [6.45, 7) is 2.82. The molecular formula is C28H36N2O6. The molecule has 2 aromatic carbocycles. The molecule has 0 saturated carbocycles. The molecule has 0 bridgehead atoms. The molecule has 8 heteroatoms. The van der Waals surface area contributed by atoms with Gasteiger partial charge in [0.1, 0.15) is 6.10 Å². The van der Waals surface area contributed by atoms with Gasteiger partial charge < -0.3 is 30.3 Å². The number of aliphatic hydroxyl groups excluding tert-OH is 2. The van der Waals surface area contributed by atoms with Gasteiger partial charge in [0.2, 0.25) is 5.91 Å². The summed E-state index contributed by atoms with van der Waals surface area (Å²) in [6, 6.07) is 16.2. The van der Waals surface area contributed by atoms with E-state index in [0.29, 0.717) is 38.9 Å². The summed E-state index contributed by atoms with van der Waals surface area (Å²) in [4.78, 5) is 25.8. The summed E-state index contributed by atoms with van der Waals surface area (Å²) in [7, 11) is 0. The fraction of sp³-hybridized carbons (Fsp3) is 0.500. The molecular weight excluding hydrogens is 460 g/mol. The van der Waals surface area contributed by atoms with Crippen LogP contribution in [0.4, 0.5) is 4.79 Å². The third-order valence-corrected chi connectivity index (χ3v) is 7.12. The SMILES string of the molecule is CCC(CC(O)C(Cc1ccccc1)NC(=O)OC1CCOC1)C(=O)N[C@H]1c2ccccc2C[C@@H]1O. The van der Waals surface area contributed by atoms with Crippen LogP contribution in [0.5, 0.6) is 0 Å². The molecule has 6 atom stereocenters. The van der Waals surface area contributed by atoms with Gasteiger partial charge in [0.15, 0.2) is 0 Å². The zero-order valence-electron chi connectivity index (χ0n) is 20.6. The van der Waals surface area contributed by atoms with Crippen molar-refractivity contribution in [1.82, 2.24) is 10.6 Å². The number of rotatable bonds is 10. The highest BCUT2D eigenvalue weighted by molar-refractivity contribution is 5.79. The largest absolute Gasteiger partial charge is 0.444 e. The Labute approximate surface area is 212 Å². The van der Waals surface area contributed by atoms with E-state index in [1.807, 2.05) is 61.5 Å². The number of aliphatic hydroxyl groups is 2. The Morgan fingerprint density at radius 3 is 2.61 bits per heavy atom. The Morgan fingerprint density at radius 1 is 1.14 bits per heavy atom. The van der Waals surface area contributed by atoms with Crippen molar-refractivity contribution in [3.8, 4) is 0 Å². The van der Waals surface area contributed by atoms with Gasteiger partial charge in [0, 0.05) is 18.8 Å². The zero-order chi connectivity index (χ0) is 25.5. The monoisotopic (exact) mass is 496 g/mol. The molecule has 0 radical (unpaired) electrons. The first-order chi connectivity index (χ1) is 17.4. The lowest BCUT2D eigenvalue weighted by molar-refractivity contribution is -0.127. The minimum absolute atomic E-state index is 0.164. The van der Waals surface area contributed by atoms with Gasteiger partial charge in [0.05, 0.1) is 37.5 Å². The fourth-order valence-corrected chi connectivity index (χ4v) is 5.03. The van der Waals surface area contributed by atoms with E-state index in [0.717, 1.165) is 16.7 Å². The molecule has 4 N–H and O–H groups in total. The first-order valence-electron chi connectivity index (χ1n) is 12.8. The topological polar surface area (TPSA) is 117 Å². The normalized spacial score (nSPS) is 23.4. The number of benzene rings is 2. The number of amides is 2. The van der Waals surface area contributed by atoms with Crippen LogP contribution in [0, 0.1) is 5.92 Å². The molecule has 1 aliphatic heterocycles. The van der Waals surface area contributed by atoms with Crippen LogP contribution < -0.4 is 10.6 Å². The van der Waals surface area contributed by atoms with E-state index in [9.17, 15) is 19.8 Å². The lowest BCUT2D eigenvalue weighted by Gasteiger charge is -2.28. The van der Waals surface area contributed by atoms with Crippen molar-refractivity contribution in [2.24, 2.45) is 5.92 Å². The lowest BCUT2D eigenvalue weighted by atomic mass is 9.91. The van der Waals surface area contributed by atoms with Crippen LogP contribution in [0.15, 0.2) is 54.6 Å². The van der Waals surface area contributed by atoms with Gasteiger partial charge in [0.25, 0.3) is 0 Å². The van der Waals surface area contributed by atoms with Crippen molar-refractivity contribution < 1.29 is 29.3 Å². The smallest absolute Gasteiger partial charge is 0.407 e. The van der Waals surface area contributed by atoms with E-state index in [1.54, 1.807) is 0 Å². The van der Waals surface area contributed by atoms with Crippen LogP contribution in [0.25, 0.3) is 0 Å². The summed E-state index contributed by atoms with van der Waals surface area (Å²) in [5, 5.41) is 27.5. The molecule has 4 unspecified atom stereocenters. The maximum Gasteiger partial charge on any atom is 0.407 e. The Hall–Kier alpha value is -2.94. The van der Waals surface area contributed by atoms with E-state index in [-0.39, 0.29) is 18.4 Å². The second-order valence-electron chi connectivity index (χ2n) is 9.70. The van der Waals surface area contributed by atoms with E-state index < -0.39 is 36.3 Å². The third-order valence-electron chi connectivity index (χ3n) is 7.12. The number of ether oxygens (including phenoxy) is 2. The van der Waals surface area contributed by atoms with E-state index >= 15 is 0 Å². The van der Waals surface area contributed by atoms with Crippen molar-refractivity contribution in [1.29, 1.82) is 0 Å². The molecule has 1 aliphatic carbocycles. The predicted octanol–water partition coefficient (Wildman–Crippen LogP) is 2.66. The van der Waals surface area contributed by atoms with Crippen LogP contribution in [0.3, 0.4) is 0 Å². The Kier molecular flexibility index (Phi) is 8.96. The third kappa shape index (κ3) is 6.63. The number of carbonyl (C=O) groups is 2. The molecule has 1 fully saturated rings. The maximum absolute atomic E-state index is 13.2. The molecule has 8 nitrogen and oxygen atoms in total. The van der Waals surface area contributed by atoms with E-state index in [2.05, 4.69) is 10.6 Å². The molecule has 2 amide bonds. The summed E-state index contributed by atoms with van der Waals surface area (Å²) < 4.78 is 10.7. The van der Waals surface area contributed by atoms with Crippen molar-refractivity contribution >= 4 is 12.0 Å². The average Bonchev–Trinajstić information content (AvgIpc) is 3.50. The Bertz CT molecular complexity index is 1010. The zero-order valence-corrected chi connectivity index (χ0v) is 20.6. The molecule has 194 valence electrons. The summed E-state index contributed by atoms with van der Waals surface area (Å²) in [5.74, 6) is -0.708. The highest BCUT2D eigenvalue weighted by Crippen LogP contribution is 2.32. The quantitative estimate of drug-likeness (QED) is 0.402. The van der Waals surface area contributed by atoms with Crippen LogP contribution in [0.1, 0.15) is 48.9 Å². The first-order valence-corrected chi connectivity index (χ1v) is 12.8. The average molecular weight is 497 g/mol. The van der Waals surface area contributed by atoms with Gasteiger partial charge in [-0.05, 0) is 36.0 Å². The minimum Gasteiger partial charge on any atom is -0.444 e. The molecule has 2 aliphatic rings. The summed E-state index contributed by atoms with van der Waals surface area (Å²) in [6.07, 6.45) is -0.351. The molecule has 1 heterocycles. The Balaban J connectivity index is 1.41. The van der Waals surface area contributed by atoms with Gasteiger partial charge in [-0.3, -0.25) is 4.79 Å². The highest BCUT2D eigenvalue weighted by atomic mass is 16.6. The fourth-order valence-electron chi connectivity index (χ4n) is 5.03. The molecule has 36 heavy (non-hydrogen) atoms. The van der Waals surface area contributed by atoms with Crippen LogP contribution in [0.2, 0.25) is 0 Å². The predicted molar refractivity (Wildman–Crippen MR) is 134 cm³/mol. The number of alkyl carbamates (subject to hydrolysis) is 1. The van der Waals surface area contributed by atoms with Gasteiger partial charge >= 0.3 is 6.09 Å². The summed E-state index contributed by atoms with van der Waals surface area (Å²) >= 11 is 0. The van der Waals surface area contributed by atoms with Crippen LogP contribution in [-0.4, -0.2) is 59.8 Å². The van der Waals surface area contributed by atoms with Gasteiger partial charge in [-0.25, -0.2) is 4.79 Å². The molecule has 4 rings (SSSR count). The molecule has 0 aromatic heterocycles. The second-order valence-corrected chi connectivity index (χ2v) is 9.70. The van der Waals surface area contributed by atoms with Gasteiger partial charge in [-0.1, -0.05) is 61.5 Å².